The van der Waals surface area contributed by atoms with E-state index in [-0.39, 0.29) is 29.6 Å². The molecule has 0 bridgehead atoms. The molecule has 0 saturated heterocycles. The van der Waals surface area contributed by atoms with Gasteiger partial charge in [-0.2, -0.15) is 0 Å². The Bertz CT molecular complexity index is 1480. The fourth-order valence-corrected chi connectivity index (χ4v) is 4.50. The highest BCUT2D eigenvalue weighted by atomic mass is 16.3. The number of amides is 2. The molecule has 4 aromatic rings. The van der Waals surface area contributed by atoms with Crippen LogP contribution in [0.15, 0.2) is 78.9 Å². The van der Waals surface area contributed by atoms with Crippen LogP contribution in [-0.4, -0.2) is 39.7 Å². The van der Waals surface area contributed by atoms with Crippen LogP contribution in [0, 0.1) is 0 Å². The van der Waals surface area contributed by atoms with Gasteiger partial charge in [0.1, 0.15) is 11.5 Å². The number of anilines is 1. The van der Waals surface area contributed by atoms with Gasteiger partial charge in [-0.1, -0.05) is 36.4 Å². The zero-order valence-electron chi connectivity index (χ0n) is 21.9. The van der Waals surface area contributed by atoms with Gasteiger partial charge in [-0.25, -0.2) is 0 Å². The highest BCUT2D eigenvalue weighted by Crippen LogP contribution is 2.27. The van der Waals surface area contributed by atoms with Crippen LogP contribution in [0.25, 0.3) is 10.8 Å². The van der Waals surface area contributed by atoms with E-state index in [1.54, 1.807) is 24.3 Å². The minimum Gasteiger partial charge on any atom is -0.508 e. The summed E-state index contributed by atoms with van der Waals surface area (Å²) >= 11 is 0. The van der Waals surface area contributed by atoms with Gasteiger partial charge in [0.2, 0.25) is 6.41 Å². The molecule has 8 nitrogen and oxygen atoms in total. The van der Waals surface area contributed by atoms with Crippen LogP contribution in [0.2, 0.25) is 0 Å². The van der Waals surface area contributed by atoms with Gasteiger partial charge in [0, 0.05) is 24.2 Å². The van der Waals surface area contributed by atoms with Gasteiger partial charge in [-0.15, -0.1) is 0 Å². The van der Waals surface area contributed by atoms with Crippen molar-refractivity contribution >= 4 is 28.8 Å². The molecule has 0 fully saturated rings. The van der Waals surface area contributed by atoms with Gasteiger partial charge in [-0.05, 0) is 90.2 Å². The number of carbonyl (C=O) groups is 2. The molecule has 2 amide bonds. The van der Waals surface area contributed by atoms with E-state index in [4.69, 9.17) is 0 Å². The van der Waals surface area contributed by atoms with Crippen molar-refractivity contribution in [1.29, 1.82) is 0 Å². The number of hydrogen-bond donors (Lipinski definition) is 6. The summed E-state index contributed by atoms with van der Waals surface area (Å²) in [6.45, 7) is 4.67. The number of phenolic OH excluding ortho intramolecular Hbond substituents is 2. The van der Waals surface area contributed by atoms with E-state index in [0.717, 1.165) is 21.9 Å². The Balaban J connectivity index is 1.34. The summed E-state index contributed by atoms with van der Waals surface area (Å²) in [6.07, 6.45) is 0.235. The third-order valence-electron chi connectivity index (χ3n) is 6.57. The van der Waals surface area contributed by atoms with Crippen LogP contribution in [0.3, 0.4) is 0 Å². The minimum atomic E-state index is -0.852. The number of aliphatic hydroxyl groups is 1. The lowest BCUT2D eigenvalue weighted by Gasteiger charge is -2.28. The zero-order valence-corrected chi connectivity index (χ0v) is 21.9. The van der Waals surface area contributed by atoms with E-state index < -0.39 is 11.6 Å². The van der Waals surface area contributed by atoms with Gasteiger partial charge in [0.05, 0.1) is 11.8 Å². The quantitative estimate of drug-likeness (QED) is 0.127. The number of nitrogens with one attached hydrogen (secondary N) is 3. The van der Waals surface area contributed by atoms with Crippen LogP contribution in [0.5, 0.6) is 11.5 Å². The van der Waals surface area contributed by atoms with E-state index in [9.17, 15) is 24.9 Å². The molecule has 202 valence electrons. The molecule has 0 saturated carbocycles. The summed E-state index contributed by atoms with van der Waals surface area (Å²) in [5.41, 5.74) is 2.90. The normalized spacial score (nSPS) is 12.2. The second-order valence-corrected chi connectivity index (χ2v) is 10.2. The molecule has 4 aromatic carbocycles. The molecule has 0 aliphatic carbocycles. The maximum absolute atomic E-state index is 12.9. The molecule has 0 radical (unpaired) electrons. The minimum absolute atomic E-state index is 0.0753. The average Bonchev–Trinajstić information content (AvgIpc) is 2.91. The Hall–Kier alpha value is -4.40. The Morgan fingerprint density at radius 1 is 0.923 bits per heavy atom. The molecule has 1 atom stereocenters. The molecule has 0 heterocycles. The van der Waals surface area contributed by atoms with Gasteiger partial charge in [0.15, 0.2) is 0 Å². The molecular weight excluding hydrogens is 494 g/mol. The summed E-state index contributed by atoms with van der Waals surface area (Å²) in [4.78, 5) is 23.6. The fraction of sp³-hybridized carbons (Fsp3) is 0.226. The summed E-state index contributed by atoms with van der Waals surface area (Å²) in [5, 5.41) is 40.8. The van der Waals surface area contributed by atoms with Crippen molar-refractivity contribution in [2.24, 2.45) is 0 Å². The topological polar surface area (TPSA) is 131 Å². The second kappa shape index (κ2) is 12.0. The van der Waals surface area contributed by atoms with Crippen LogP contribution < -0.4 is 16.0 Å². The molecule has 0 aliphatic heterocycles. The number of phenols is 2. The summed E-state index contributed by atoms with van der Waals surface area (Å²) < 4.78 is 0. The third-order valence-corrected chi connectivity index (χ3v) is 6.57. The SMILES string of the molecule is CC(C)(Cc1cccc(C(=O)NCc2ccc3cc(O)ccc3c2)c1)NC[C@H](O)c1ccc(O)c(NC=O)c1. The highest BCUT2D eigenvalue weighted by Gasteiger charge is 2.21. The van der Waals surface area contributed by atoms with Gasteiger partial charge >= 0.3 is 0 Å². The lowest BCUT2D eigenvalue weighted by Crippen LogP contribution is -2.43. The zero-order chi connectivity index (χ0) is 28.0. The number of rotatable bonds is 11. The Morgan fingerprint density at radius 2 is 1.69 bits per heavy atom. The first-order valence-electron chi connectivity index (χ1n) is 12.7. The molecule has 0 spiro atoms. The summed E-state index contributed by atoms with van der Waals surface area (Å²) in [5.74, 6) is -0.0258. The van der Waals surface area contributed by atoms with Crippen molar-refractivity contribution < 1.29 is 24.9 Å². The molecule has 4 rings (SSSR count). The van der Waals surface area contributed by atoms with Crippen molar-refractivity contribution in [2.45, 2.75) is 38.5 Å². The standard InChI is InChI=1S/C31H33N3O5/c1-31(2,34-18-29(38)24-9-11-28(37)27(15-24)33-19-35)16-20-4-3-5-25(12-20)30(39)32-17-21-6-7-23-14-26(36)10-8-22(23)13-21/h3-15,19,29,34,36-38H,16-18H2,1-2H3,(H,32,39)(H,33,35)/t29-/m0/s1. The van der Waals surface area contributed by atoms with Crippen LogP contribution in [0.4, 0.5) is 5.69 Å². The maximum Gasteiger partial charge on any atom is 0.251 e. The first kappa shape index (κ1) is 27.6. The van der Waals surface area contributed by atoms with E-state index in [2.05, 4.69) is 16.0 Å². The number of carbonyl (C=O) groups excluding carboxylic acids is 2. The van der Waals surface area contributed by atoms with Crippen LogP contribution in [0.1, 0.15) is 47.0 Å². The van der Waals surface area contributed by atoms with E-state index in [0.29, 0.717) is 30.5 Å². The van der Waals surface area contributed by atoms with Crippen molar-refractivity contribution in [2.75, 3.05) is 11.9 Å². The highest BCUT2D eigenvalue weighted by molar-refractivity contribution is 5.94. The van der Waals surface area contributed by atoms with Crippen molar-refractivity contribution in [3.05, 3.63) is 101 Å². The first-order valence-corrected chi connectivity index (χ1v) is 12.7. The first-order chi connectivity index (χ1) is 18.6. The largest absolute Gasteiger partial charge is 0.508 e. The van der Waals surface area contributed by atoms with E-state index >= 15 is 0 Å². The molecule has 0 aromatic heterocycles. The Labute approximate surface area is 227 Å². The average molecular weight is 528 g/mol. The number of hydrogen-bond acceptors (Lipinski definition) is 6. The number of aliphatic hydroxyl groups excluding tert-OH is 1. The fourth-order valence-electron chi connectivity index (χ4n) is 4.50. The smallest absolute Gasteiger partial charge is 0.251 e. The van der Waals surface area contributed by atoms with E-state index in [1.165, 1.54) is 12.1 Å². The molecule has 8 heteroatoms. The lowest BCUT2D eigenvalue weighted by atomic mass is 9.93. The third kappa shape index (κ3) is 7.34. The van der Waals surface area contributed by atoms with E-state index in [1.807, 2.05) is 56.3 Å². The van der Waals surface area contributed by atoms with Gasteiger partial charge < -0.3 is 31.3 Å². The predicted octanol–water partition coefficient (Wildman–Crippen LogP) is 4.39. The molecular formula is C31H33N3O5. The van der Waals surface area contributed by atoms with Crippen LogP contribution >= 0.6 is 0 Å². The van der Waals surface area contributed by atoms with Crippen molar-refractivity contribution in [3.8, 4) is 11.5 Å². The summed E-state index contributed by atoms with van der Waals surface area (Å²) in [6, 6.07) is 23.1. The van der Waals surface area contributed by atoms with Gasteiger partial charge in [-0.3, -0.25) is 9.59 Å². The van der Waals surface area contributed by atoms with Gasteiger partial charge in [0.25, 0.3) is 5.91 Å². The predicted molar refractivity (Wildman–Crippen MR) is 152 cm³/mol. The number of aromatic hydroxyl groups is 2. The summed E-state index contributed by atoms with van der Waals surface area (Å²) in [7, 11) is 0. The maximum atomic E-state index is 12.9. The monoisotopic (exact) mass is 527 g/mol. The number of β-amino-alcohol motifs (C(OH)–C–C–N with tert-alkyl or cyclic N) is 1. The molecule has 0 aliphatic rings. The molecule has 39 heavy (non-hydrogen) atoms. The Kier molecular flexibility index (Phi) is 8.49. The lowest BCUT2D eigenvalue weighted by molar-refractivity contribution is -0.105. The Morgan fingerprint density at radius 3 is 2.49 bits per heavy atom. The van der Waals surface area contributed by atoms with Crippen molar-refractivity contribution in [1.82, 2.24) is 10.6 Å². The second-order valence-electron chi connectivity index (χ2n) is 10.2. The molecule has 6 N–H and O–H groups in total. The number of benzene rings is 4. The number of fused-ring (bicyclic) bond motifs is 1. The van der Waals surface area contributed by atoms with Crippen LogP contribution in [-0.2, 0) is 17.8 Å². The van der Waals surface area contributed by atoms with Crippen molar-refractivity contribution in [3.63, 3.8) is 0 Å². The molecule has 0 unspecified atom stereocenters.